The van der Waals surface area contributed by atoms with Gasteiger partial charge in [-0.3, -0.25) is 4.79 Å². The molecule has 1 heterocycles. The standard InChI is InChI=1S/C17H26N2OS/c1-5-8-18-16-7-6-12(2)11-15(16)17(20)19-9-10-21-14(4)13(19)3/h6-7,11,13-14,18H,5,8-10H2,1-4H3. The van der Waals surface area contributed by atoms with Crippen molar-refractivity contribution in [3.05, 3.63) is 29.3 Å². The number of anilines is 1. The number of benzene rings is 1. The lowest BCUT2D eigenvalue weighted by Gasteiger charge is -2.38. The fourth-order valence-electron chi connectivity index (χ4n) is 2.62. The largest absolute Gasteiger partial charge is 0.384 e. The minimum atomic E-state index is 0.164. The summed E-state index contributed by atoms with van der Waals surface area (Å²) in [5.41, 5.74) is 2.91. The molecule has 0 radical (unpaired) electrons. The molecule has 1 saturated heterocycles. The molecule has 1 aromatic rings. The molecule has 2 unspecified atom stereocenters. The van der Waals surface area contributed by atoms with E-state index in [1.807, 2.05) is 35.7 Å². The lowest BCUT2D eigenvalue weighted by atomic mass is 10.1. The van der Waals surface area contributed by atoms with Gasteiger partial charge in [0.1, 0.15) is 0 Å². The predicted molar refractivity (Wildman–Crippen MR) is 92.4 cm³/mol. The van der Waals surface area contributed by atoms with Crippen LogP contribution in [-0.2, 0) is 0 Å². The van der Waals surface area contributed by atoms with Crippen molar-refractivity contribution in [3.8, 4) is 0 Å². The van der Waals surface area contributed by atoms with Gasteiger partial charge in [-0.25, -0.2) is 0 Å². The molecule has 0 spiro atoms. The van der Waals surface area contributed by atoms with Gasteiger partial charge in [-0.05, 0) is 32.4 Å². The first-order valence-corrected chi connectivity index (χ1v) is 8.86. The van der Waals surface area contributed by atoms with E-state index in [2.05, 4.69) is 32.2 Å². The molecule has 0 aliphatic carbocycles. The van der Waals surface area contributed by atoms with Crippen molar-refractivity contribution in [2.24, 2.45) is 0 Å². The van der Waals surface area contributed by atoms with Gasteiger partial charge in [-0.2, -0.15) is 11.8 Å². The van der Waals surface area contributed by atoms with Crippen molar-refractivity contribution in [2.45, 2.75) is 45.4 Å². The third kappa shape index (κ3) is 3.73. The van der Waals surface area contributed by atoms with E-state index in [1.54, 1.807) is 0 Å². The summed E-state index contributed by atoms with van der Waals surface area (Å²) in [5, 5.41) is 3.88. The fraction of sp³-hybridized carbons (Fsp3) is 0.588. The summed E-state index contributed by atoms with van der Waals surface area (Å²) in [6.45, 7) is 10.3. The van der Waals surface area contributed by atoms with E-state index in [0.717, 1.165) is 42.1 Å². The van der Waals surface area contributed by atoms with Gasteiger partial charge in [-0.1, -0.05) is 25.5 Å². The van der Waals surface area contributed by atoms with Crippen LogP contribution >= 0.6 is 11.8 Å². The van der Waals surface area contributed by atoms with Crippen LogP contribution in [-0.4, -0.2) is 40.9 Å². The molecule has 1 aromatic carbocycles. The molecular weight excluding hydrogens is 280 g/mol. The Morgan fingerprint density at radius 1 is 1.43 bits per heavy atom. The molecule has 2 atom stereocenters. The van der Waals surface area contributed by atoms with Crippen molar-refractivity contribution in [1.82, 2.24) is 4.90 Å². The van der Waals surface area contributed by atoms with Crippen LogP contribution in [0.25, 0.3) is 0 Å². The molecule has 0 saturated carbocycles. The number of nitrogens with one attached hydrogen (secondary N) is 1. The summed E-state index contributed by atoms with van der Waals surface area (Å²) in [6, 6.07) is 6.40. The van der Waals surface area contributed by atoms with Crippen molar-refractivity contribution in [1.29, 1.82) is 0 Å². The molecule has 3 nitrogen and oxygen atoms in total. The molecule has 2 rings (SSSR count). The zero-order valence-corrected chi connectivity index (χ0v) is 14.3. The topological polar surface area (TPSA) is 32.3 Å². The van der Waals surface area contributed by atoms with Gasteiger partial charge in [-0.15, -0.1) is 0 Å². The molecule has 1 N–H and O–H groups in total. The van der Waals surface area contributed by atoms with Gasteiger partial charge in [0.25, 0.3) is 5.91 Å². The molecule has 1 amide bonds. The van der Waals surface area contributed by atoms with Gasteiger partial charge in [0.2, 0.25) is 0 Å². The van der Waals surface area contributed by atoms with Crippen molar-refractivity contribution < 1.29 is 4.79 Å². The first kappa shape index (κ1) is 16.2. The Morgan fingerprint density at radius 3 is 2.90 bits per heavy atom. The van der Waals surface area contributed by atoms with Crippen molar-refractivity contribution in [3.63, 3.8) is 0 Å². The van der Waals surface area contributed by atoms with Gasteiger partial charge in [0.15, 0.2) is 0 Å². The number of nitrogens with zero attached hydrogens (tertiary/aromatic N) is 1. The summed E-state index contributed by atoms with van der Waals surface area (Å²) < 4.78 is 0. The highest BCUT2D eigenvalue weighted by Gasteiger charge is 2.30. The zero-order chi connectivity index (χ0) is 15.4. The summed E-state index contributed by atoms with van der Waals surface area (Å²) in [5.74, 6) is 1.19. The minimum Gasteiger partial charge on any atom is -0.384 e. The van der Waals surface area contributed by atoms with Crippen LogP contribution < -0.4 is 5.32 Å². The molecule has 116 valence electrons. The van der Waals surface area contributed by atoms with E-state index in [0.29, 0.717) is 5.25 Å². The Bertz CT molecular complexity index is 504. The molecule has 0 bridgehead atoms. The second-order valence-electron chi connectivity index (χ2n) is 5.79. The normalized spacial score (nSPS) is 22.2. The number of hydrogen-bond acceptors (Lipinski definition) is 3. The van der Waals surface area contributed by atoms with Crippen LogP contribution in [0, 0.1) is 6.92 Å². The van der Waals surface area contributed by atoms with Gasteiger partial charge in [0.05, 0.1) is 5.56 Å². The highest BCUT2D eigenvalue weighted by molar-refractivity contribution is 8.00. The maximum atomic E-state index is 13.0. The van der Waals surface area contributed by atoms with Crippen molar-refractivity contribution >= 4 is 23.4 Å². The number of amides is 1. The maximum absolute atomic E-state index is 13.0. The number of carbonyl (C=O) groups excluding carboxylic acids is 1. The maximum Gasteiger partial charge on any atom is 0.256 e. The van der Waals surface area contributed by atoms with Crippen molar-refractivity contribution in [2.75, 3.05) is 24.2 Å². The number of rotatable bonds is 4. The quantitative estimate of drug-likeness (QED) is 0.918. The smallest absolute Gasteiger partial charge is 0.256 e. The molecule has 1 aliphatic heterocycles. The summed E-state index contributed by atoms with van der Waals surface area (Å²) in [4.78, 5) is 15.0. The number of hydrogen-bond donors (Lipinski definition) is 1. The average molecular weight is 306 g/mol. The number of thioether (sulfide) groups is 1. The first-order chi connectivity index (χ1) is 10.0. The highest BCUT2D eigenvalue weighted by atomic mass is 32.2. The summed E-state index contributed by atoms with van der Waals surface area (Å²) in [6.07, 6.45) is 1.05. The molecule has 1 aliphatic rings. The van der Waals surface area contributed by atoms with Gasteiger partial charge < -0.3 is 10.2 Å². The SMILES string of the molecule is CCCNc1ccc(C)cc1C(=O)N1CCSC(C)C1C. The molecule has 21 heavy (non-hydrogen) atoms. The Labute approximate surface area is 132 Å². The molecular formula is C17H26N2OS. The predicted octanol–water partition coefficient (Wildman–Crippen LogP) is 3.78. The lowest BCUT2D eigenvalue weighted by Crippen LogP contribution is -2.48. The zero-order valence-electron chi connectivity index (χ0n) is 13.5. The van der Waals surface area contributed by atoms with Gasteiger partial charge >= 0.3 is 0 Å². The minimum absolute atomic E-state index is 0.164. The van der Waals surface area contributed by atoms with E-state index < -0.39 is 0 Å². The molecule has 0 aromatic heterocycles. The monoisotopic (exact) mass is 306 g/mol. The first-order valence-electron chi connectivity index (χ1n) is 7.81. The van der Waals surface area contributed by atoms with Crippen LogP contribution in [0.5, 0.6) is 0 Å². The summed E-state index contributed by atoms with van der Waals surface area (Å²) in [7, 11) is 0. The number of carbonyl (C=O) groups is 1. The van der Waals surface area contributed by atoms with Crippen LogP contribution in [0.2, 0.25) is 0 Å². The Kier molecular flexibility index (Phi) is 5.57. The fourth-order valence-corrected chi connectivity index (χ4v) is 3.72. The highest BCUT2D eigenvalue weighted by Crippen LogP contribution is 2.28. The molecule has 1 fully saturated rings. The average Bonchev–Trinajstić information content (AvgIpc) is 2.48. The van der Waals surface area contributed by atoms with E-state index in [-0.39, 0.29) is 11.9 Å². The Hall–Kier alpha value is -1.16. The molecule has 4 heteroatoms. The second-order valence-corrected chi connectivity index (χ2v) is 7.28. The van der Waals surface area contributed by atoms with Crippen LogP contribution in [0.3, 0.4) is 0 Å². The van der Waals surface area contributed by atoms with E-state index >= 15 is 0 Å². The number of aryl methyl sites for hydroxylation is 1. The van der Waals surface area contributed by atoms with E-state index in [9.17, 15) is 4.79 Å². The van der Waals surface area contributed by atoms with Crippen LogP contribution in [0.15, 0.2) is 18.2 Å². The van der Waals surface area contributed by atoms with Crippen LogP contribution in [0.1, 0.15) is 43.1 Å². The third-order valence-electron chi connectivity index (χ3n) is 4.12. The Morgan fingerprint density at radius 2 is 2.19 bits per heavy atom. The second kappa shape index (κ2) is 7.21. The lowest BCUT2D eigenvalue weighted by molar-refractivity contribution is 0.0699. The Balaban J connectivity index is 2.26. The van der Waals surface area contributed by atoms with Gasteiger partial charge in [0, 0.05) is 35.8 Å². The van der Waals surface area contributed by atoms with E-state index in [4.69, 9.17) is 0 Å². The van der Waals surface area contributed by atoms with Crippen LogP contribution in [0.4, 0.5) is 5.69 Å². The summed E-state index contributed by atoms with van der Waals surface area (Å²) >= 11 is 1.95. The third-order valence-corrected chi connectivity index (χ3v) is 5.45. The van der Waals surface area contributed by atoms with E-state index in [1.165, 1.54) is 0 Å².